The van der Waals surface area contributed by atoms with Crippen molar-refractivity contribution in [2.75, 3.05) is 52.5 Å². The van der Waals surface area contributed by atoms with Gasteiger partial charge in [-0.25, -0.2) is 4.57 Å². The molecular formula is C34H75N2O9P. The molecule has 1 fully saturated rings. The number of nitrogens with zero attached hydrogens (tertiary/aromatic N) is 2. The van der Waals surface area contributed by atoms with Crippen molar-refractivity contribution >= 4 is 7.82 Å². The van der Waals surface area contributed by atoms with Crippen molar-refractivity contribution < 1.29 is 43.7 Å². The van der Waals surface area contributed by atoms with Crippen LogP contribution in [0.15, 0.2) is 0 Å². The Morgan fingerprint density at radius 3 is 1.28 bits per heavy atom. The average molecular weight is 687 g/mol. The first-order chi connectivity index (χ1) is 22.0. The summed E-state index contributed by atoms with van der Waals surface area (Å²) in [6.07, 6.45) is 10.2. The SMILES string of the molecule is CCCCCCCCCCCCCCCCO[C@@H]1[C@@H](O)[C@@H](OP(=O)(O)O)O[C@H](CO)[C@H]1O.CCN(CC)CC.CCN(CC)CC. The number of hydrogen-bond acceptors (Lipinski definition) is 9. The van der Waals surface area contributed by atoms with Crippen molar-refractivity contribution in [2.24, 2.45) is 0 Å². The molecule has 1 rings (SSSR count). The lowest BCUT2D eigenvalue weighted by Gasteiger charge is -2.41. The van der Waals surface area contributed by atoms with E-state index in [0.29, 0.717) is 0 Å². The predicted octanol–water partition coefficient (Wildman–Crippen LogP) is 6.10. The van der Waals surface area contributed by atoms with Crippen molar-refractivity contribution in [3.8, 4) is 0 Å². The number of unbranched alkanes of at least 4 members (excludes halogenated alkanes) is 13. The molecule has 0 saturated carbocycles. The zero-order valence-corrected chi connectivity index (χ0v) is 31.5. The number of rotatable bonds is 25. The normalized spacial score (nSPS) is 21.6. The second kappa shape index (κ2) is 32.1. The Morgan fingerprint density at radius 1 is 0.609 bits per heavy atom. The van der Waals surface area contributed by atoms with Crippen LogP contribution in [0, 0.1) is 0 Å². The van der Waals surface area contributed by atoms with Crippen LogP contribution in [0.4, 0.5) is 0 Å². The second-order valence-electron chi connectivity index (χ2n) is 12.0. The molecule has 0 amide bonds. The smallest absolute Gasteiger partial charge is 0.394 e. The fourth-order valence-electron chi connectivity index (χ4n) is 5.33. The molecule has 11 nitrogen and oxygen atoms in total. The van der Waals surface area contributed by atoms with E-state index in [1.165, 1.54) is 110 Å². The Morgan fingerprint density at radius 2 is 0.978 bits per heavy atom. The van der Waals surface area contributed by atoms with Gasteiger partial charge in [0.25, 0.3) is 0 Å². The molecule has 1 aliphatic rings. The second-order valence-corrected chi connectivity index (χ2v) is 13.2. The summed E-state index contributed by atoms with van der Waals surface area (Å²) in [7, 11) is -4.92. The van der Waals surface area contributed by atoms with Crippen LogP contribution in [0.25, 0.3) is 0 Å². The van der Waals surface area contributed by atoms with Crippen LogP contribution < -0.4 is 0 Å². The predicted molar refractivity (Wildman–Crippen MR) is 188 cm³/mol. The van der Waals surface area contributed by atoms with E-state index in [9.17, 15) is 19.9 Å². The monoisotopic (exact) mass is 687 g/mol. The van der Waals surface area contributed by atoms with E-state index in [4.69, 9.17) is 19.3 Å². The van der Waals surface area contributed by atoms with Gasteiger partial charge in [-0.2, -0.15) is 0 Å². The number of aliphatic hydroxyl groups is 3. The lowest BCUT2D eigenvalue weighted by atomic mass is 9.99. The molecule has 1 heterocycles. The first-order valence-electron chi connectivity index (χ1n) is 18.4. The van der Waals surface area contributed by atoms with Crippen molar-refractivity contribution in [1.82, 2.24) is 9.80 Å². The van der Waals surface area contributed by atoms with Crippen LogP contribution in [0.1, 0.15) is 138 Å². The Bertz CT molecular complexity index is 658. The molecule has 0 spiro atoms. The summed E-state index contributed by atoms with van der Waals surface area (Å²) >= 11 is 0. The molecule has 0 aromatic rings. The summed E-state index contributed by atoms with van der Waals surface area (Å²) in [4.78, 5) is 22.6. The van der Waals surface area contributed by atoms with Gasteiger partial charge < -0.3 is 44.4 Å². The Hall–Kier alpha value is -0.170. The maximum absolute atomic E-state index is 11.1. The van der Waals surface area contributed by atoms with Crippen LogP contribution >= 0.6 is 7.82 Å². The maximum Gasteiger partial charge on any atom is 0.472 e. The highest BCUT2D eigenvalue weighted by atomic mass is 31.2. The molecule has 0 radical (unpaired) electrons. The van der Waals surface area contributed by atoms with Gasteiger partial charge in [-0.15, -0.1) is 0 Å². The minimum Gasteiger partial charge on any atom is -0.394 e. The highest BCUT2D eigenvalue weighted by molar-refractivity contribution is 7.46. The molecule has 0 bridgehead atoms. The van der Waals surface area contributed by atoms with Gasteiger partial charge in [-0.1, -0.05) is 132 Å². The van der Waals surface area contributed by atoms with Crippen molar-refractivity contribution in [1.29, 1.82) is 0 Å². The van der Waals surface area contributed by atoms with E-state index < -0.39 is 45.1 Å². The topological polar surface area (TPSA) is 152 Å². The molecule has 5 atom stereocenters. The van der Waals surface area contributed by atoms with Gasteiger partial charge >= 0.3 is 7.82 Å². The Balaban J connectivity index is 0. The quantitative estimate of drug-likeness (QED) is 0.0560. The van der Waals surface area contributed by atoms with Gasteiger partial charge in [0, 0.05) is 6.61 Å². The third-order valence-electron chi connectivity index (χ3n) is 8.55. The first kappa shape index (κ1) is 47.9. The Kier molecular flexibility index (Phi) is 33.4. The fraction of sp³-hybridized carbons (Fsp3) is 1.00. The standard InChI is InChI=1S/C22H45O9P.2C6H15N/c1-2-3-4-5-6-7-8-9-10-11-12-13-14-15-16-29-21-19(24)18(17-23)30-22(20(21)25)31-32(26,27)28;2*1-4-7(5-2)6-3/h18-25H,2-17H2,1H3,(H2,26,27,28);2*4-6H2,1-3H3/t18-,19-,20-,21+,22-;;/m1../s1. The number of hydrogen-bond donors (Lipinski definition) is 5. The molecule has 0 aromatic carbocycles. The first-order valence-corrected chi connectivity index (χ1v) is 19.9. The van der Waals surface area contributed by atoms with Crippen LogP contribution in [-0.2, 0) is 18.6 Å². The molecule has 5 N–H and O–H groups in total. The summed E-state index contributed by atoms with van der Waals surface area (Å²) in [5.74, 6) is 0. The van der Waals surface area contributed by atoms with Crippen molar-refractivity contribution in [3.63, 3.8) is 0 Å². The summed E-state index contributed by atoms with van der Waals surface area (Å²) < 4.78 is 26.1. The summed E-state index contributed by atoms with van der Waals surface area (Å²) in [5, 5.41) is 29.8. The van der Waals surface area contributed by atoms with Crippen molar-refractivity contribution in [3.05, 3.63) is 0 Å². The molecular weight excluding hydrogens is 611 g/mol. The average Bonchev–Trinajstić information content (AvgIpc) is 3.03. The van der Waals surface area contributed by atoms with Gasteiger partial charge in [0.1, 0.15) is 24.4 Å². The van der Waals surface area contributed by atoms with Gasteiger partial charge in [-0.05, 0) is 45.7 Å². The largest absolute Gasteiger partial charge is 0.472 e. The lowest BCUT2D eigenvalue weighted by molar-refractivity contribution is -0.288. The van der Waals surface area contributed by atoms with E-state index in [1.54, 1.807) is 0 Å². The third kappa shape index (κ3) is 25.8. The highest BCUT2D eigenvalue weighted by Crippen LogP contribution is 2.41. The van der Waals surface area contributed by atoms with E-state index in [0.717, 1.165) is 19.3 Å². The van der Waals surface area contributed by atoms with E-state index in [1.807, 2.05) is 0 Å². The molecule has 280 valence electrons. The summed E-state index contributed by atoms with van der Waals surface area (Å²) in [6, 6.07) is 0. The molecule has 12 heteroatoms. The minimum atomic E-state index is -4.92. The van der Waals surface area contributed by atoms with E-state index >= 15 is 0 Å². The number of phosphoric acid groups is 1. The van der Waals surface area contributed by atoms with Gasteiger partial charge in [0.05, 0.1) is 6.61 Å². The van der Waals surface area contributed by atoms with Crippen molar-refractivity contribution in [2.45, 2.75) is 169 Å². The number of aliphatic hydroxyl groups excluding tert-OH is 3. The Labute approximate surface area is 282 Å². The zero-order valence-electron chi connectivity index (χ0n) is 30.7. The molecule has 46 heavy (non-hydrogen) atoms. The van der Waals surface area contributed by atoms with E-state index in [-0.39, 0.29) is 6.61 Å². The molecule has 1 aliphatic heterocycles. The maximum atomic E-state index is 11.1. The van der Waals surface area contributed by atoms with Gasteiger partial charge in [-0.3, -0.25) is 4.52 Å². The lowest BCUT2D eigenvalue weighted by Crippen LogP contribution is -2.59. The zero-order chi connectivity index (χ0) is 35.2. The molecule has 1 saturated heterocycles. The fourth-order valence-corrected chi connectivity index (χ4v) is 5.78. The number of phosphoric ester groups is 1. The number of ether oxygens (including phenoxy) is 2. The van der Waals surface area contributed by atoms with E-state index in [2.05, 4.69) is 62.8 Å². The minimum absolute atomic E-state index is 0.275. The molecule has 0 unspecified atom stereocenters. The van der Waals surface area contributed by atoms with Gasteiger partial charge in [0.15, 0.2) is 6.29 Å². The summed E-state index contributed by atoms with van der Waals surface area (Å²) in [6.45, 7) is 22.2. The van der Waals surface area contributed by atoms with Gasteiger partial charge in [0.2, 0.25) is 0 Å². The molecule has 0 aromatic heterocycles. The third-order valence-corrected chi connectivity index (χ3v) is 9.04. The summed E-state index contributed by atoms with van der Waals surface area (Å²) in [5.41, 5.74) is 0. The van der Waals surface area contributed by atoms with Crippen LogP contribution in [0.5, 0.6) is 0 Å². The molecule has 0 aliphatic carbocycles. The van der Waals surface area contributed by atoms with Crippen LogP contribution in [0.2, 0.25) is 0 Å². The van der Waals surface area contributed by atoms with Crippen LogP contribution in [0.3, 0.4) is 0 Å². The van der Waals surface area contributed by atoms with Crippen LogP contribution in [-0.4, -0.2) is 118 Å². The highest BCUT2D eigenvalue weighted by Gasteiger charge is 2.47.